The SMILES string of the molecule is CC(N)Cc1cc(Cl)ccc1-n1ccnc1. The summed E-state index contributed by atoms with van der Waals surface area (Å²) in [7, 11) is 0. The molecular formula is C12H14ClN3. The third kappa shape index (κ3) is 2.43. The van der Waals surface area contributed by atoms with Gasteiger partial charge in [0.1, 0.15) is 0 Å². The molecule has 0 aliphatic carbocycles. The number of benzene rings is 1. The maximum atomic E-state index is 6.00. The van der Waals surface area contributed by atoms with Gasteiger partial charge in [-0.25, -0.2) is 4.98 Å². The van der Waals surface area contributed by atoms with Crippen LogP contribution in [0.2, 0.25) is 5.02 Å². The first-order chi connectivity index (χ1) is 7.66. The summed E-state index contributed by atoms with van der Waals surface area (Å²) in [6.07, 6.45) is 6.24. The van der Waals surface area contributed by atoms with Crippen LogP contribution in [0.3, 0.4) is 0 Å². The highest BCUT2D eigenvalue weighted by molar-refractivity contribution is 6.30. The second-order valence-corrected chi connectivity index (χ2v) is 4.36. The quantitative estimate of drug-likeness (QED) is 0.888. The van der Waals surface area contributed by atoms with Crippen LogP contribution in [0, 0.1) is 0 Å². The molecule has 0 amide bonds. The Morgan fingerprint density at radius 2 is 2.31 bits per heavy atom. The smallest absolute Gasteiger partial charge is 0.0991 e. The number of hydrogen-bond acceptors (Lipinski definition) is 2. The van der Waals surface area contributed by atoms with Gasteiger partial charge in [0.2, 0.25) is 0 Å². The minimum atomic E-state index is 0.112. The molecule has 0 aliphatic heterocycles. The summed E-state index contributed by atoms with van der Waals surface area (Å²) < 4.78 is 1.97. The van der Waals surface area contributed by atoms with E-state index in [-0.39, 0.29) is 6.04 Å². The zero-order valence-corrected chi connectivity index (χ0v) is 9.85. The van der Waals surface area contributed by atoms with E-state index in [0.717, 1.165) is 22.7 Å². The molecule has 1 heterocycles. The Hall–Kier alpha value is -1.32. The molecule has 3 nitrogen and oxygen atoms in total. The van der Waals surface area contributed by atoms with Gasteiger partial charge < -0.3 is 10.3 Å². The Kier molecular flexibility index (Phi) is 3.27. The highest BCUT2D eigenvalue weighted by Gasteiger charge is 2.07. The van der Waals surface area contributed by atoms with Crippen LogP contribution in [0.15, 0.2) is 36.9 Å². The summed E-state index contributed by atoms with van der Waals surface area (Å²) in [4.78, 5) is 4.04. The fraction of sp³-hybridized carbons (Fsp3) is 0.250. The largest absolute Gasteiger partial charge is 0.328 e. The maximum absolute atomic E-state index is 6.00. The van der Waals surface area contributed by atoms with Crippen molar-refractivity contribution in [3.05, 3.63) is 47.5 Å². The Labute approximate surface area is 99.9 Å². The van der Waals surface area contributed by atoms with Crippen LogP contribution >= 0.6 is 11.6 Å². The molecule has 0 aliphatic rings. The van der Waals surface area contributed by atoms with Gasteiger partial charge in [-0.3, -0.25) is 0 Å². The van der Waals surface area contributed by atoms with Gasteiger partial charge in [-0.05, 0) is 37.1 Å². The standard InChI is InChI=1S/C12H14ClN3/c1-9(14)6-10-7-11(13)2-3-12(10)16-5-4-15-8-16/h2-5,7-9H,6,14H2,1H3. The molecule has 1 unspecified atom stereocenters. The fourth-order valence-corrected chi connectivity index (χ4v) is 1.91. The highest BCUT2D eigenvalue weighted by Crippen LogP contribution is 2.20. The Bertz CT molecular complexity index is 463. The number of hydrogen-bond donors (Lipinski definition) is 1. The molecule has 0 bridgehead atoms. The average molecular weight is 236 g/mol. The first-order valence-electron chi connectivity index (χ1n) is 5.19. The first-order valence-corrected chi connectivity index (χ1v) is 5.57. The molecule has 0 spiro atoms. The predicted molar refractivity (Wildman–Crippen MR) is 65.9 cm³/mol. The van der Waals surface area contributed by atoms with E-state index >= 15 is 0 Å². The summed E-state index contributed by atoms with van der Waals surface area (Å²) in [5.41, 5.74) is 8.05. The lowest BCUT2D eigenvalue weighted by molar-refractivity contribution is 0.733. The van der Waals surface area contributed by atoms with Gasteiger partial charge in [-0.2, -0.15) is 0 Å². The molecule has 2 aromatic rings. The first kappa shape index (κ1) is 11.2. The van der Waals surface area contributed by atoms with Gasteiger partial charge in [0.15, 0.2) is 0 Å². The normalized spacial score (nSPS) is 12.7. The zero-order valence-electron chi connectivity index (χ0n) is 9.10. The van der Waals surface area contributed by atoms with Crippen LogP contribution in [-0.4, -0.2) is 15.6 Å². The van der Waals surface area contributed by atoms with Gasteiger partial charge in [0.05, 0.1) is 6.33 Å². The molecule has 1 aromatic heterocycles. The van der Waals surface area contributed by atoms with E-state index in [0.29, 0.717) is 0 Å². The summed E-state index contributed by atoms with van der Waals surface area (Å²) >= 11 is 6.00. The summed E-state index contributed by atoms with van der Waals surface area (Å²) in [5.74, 6) is 0. The van der Waals surface area contributed by atoms with E-state index in [1.807, 2.05) is 35.9 Å². The van der Waals surface area contributed by atoms with Gasteiger partial charge >= 0.3 is 0 Å². The van der Waals surface area contributed by atoms with E-state index in [4.69, 9.17) is 17.3 Å². The minimum absolute atomic E-state index is 0.112. The Morgan fingerprint density at radius 3 is 2.94 bits per heavy atom. The minimum Gasteiger partial charge on any atom is -0.328 e. The van der Waals surface area contributed by atoms with Crippen molar-refractivity contribution >= 4 is 11.6 Å². The molecule has 0 saturated heterocycles. The van der Waals surface area contributed by atoms with Gasteiger partial charge in [-0.1, -0.05) is 11.6 Å². The van der Waals surface area contributed by atoms with Crippen LogP contribution in [0.1, 0.15) is 12.5 Å². The number of aromatic nitrogens is 2. The third-order valence-electron chi connectivity index (χ3n) is 2.37. The fourth-order valence-electron chi connectivity index (χ4n) is 1.72. The molecule has 0 fully saturated rings. The molecule has 2 N–H and O–H groups in total. The maximum Gasteiger partial charge on any atom is 0.0991 e. The molecule has 0 radical (unpaired) electrons. The van der Waals surface area contributed by atoms with Gasteiger partial charge in [-0.15, -0.1) is 0 Å². The van der Waals surface area contributed by atoms with Crippen LogP contribution in [0.5, 0.6) is 0 Å². The van der Waals surface area contributed by atoms with E-state index in [2.05, 4.69) is 4.98 Å². The molecule has 4 heteroatoms. The zero-order chi connectivity index (χ0) is 11.5. The molecule has 16 heavy (non-hydrogen) atoms. The number of rotatable bonds is 3. The molecule has 1 atom stereocenters. The average Bonchev–Trinajstić information content (AvgIpc) is 2.69. The molecule has 1 aromatic carbocycles. The van der Waals surface area contributed by atoms with Crippen molar-refractivity contribution in [1.29, 1.82) is 0 Å². The van der Waals surface area contributed by atoms with Crippen LogP contribution in [0.4, 0.5) is 0 Å². The van der Waals surface area contributed by atoms with Crippen LogP contribution < -0.4 is 5.73 Å². The summed E-state index contributed by atoms with van der Waals surface area (Å²) in [6, 6.07) is 5.93. The van der Waals surface area contributed by atoms with E-state index in [1.165, 1.54) is 0 Å². The topological polar surface area (TPSA) is 43.8 Å². The Balaban J connectivity index is 2.44. The van der Waals surface area contributed by atoms with E-state index in [9.17, 15) is 0 Å². The lowest BCUT2D eigenvalue weighted by atomic mass is 10.1. The predicted octanol–water partition coefficient (Wildman–Crippen LogP) is 2.42. The third-order valence-corrected chi connectivity index (χ3v) is 2.60. The van der Waals surface area contributed by atoms with E-state index < -0.39 is 0 Å². The van der Waals surface area contributed by atoms with Crippen molar-refractivity contribution in [3.63, 3.8) is 0 Å². The number of nitrogens with zero attached hydrogens (tertiary/aromatic N) is 2. The number of imidazole rings is 1. The Morgan fingerprint density at radius 1 is 1.50 bits per heavy atom. The highest BCUT2D eigenvalue weighted by atomic mass is 35.5. The lowest BCUT2D eigenvalue weighted by Gasteiger charge is -2.12. The van der Waals surface area contributed by atoms with Crippen LogP contribution in [0.25, 0.3) is 5.69 Å². The van der Waals surface area contributed by atoms with Crippen molar-refractivity contribution in [3.8, 4) is 5.69 Å². The van der Waals surface area contributed by atoms with Crippen molar-refractivity contribution in [2.24, 2.45) is 5.73 Å². The second-order valence-electron chi connectivity index (χ2n) is 3.92. The van der Waals surface area contributed by atoms with Crippen molar-refractivity contribution in [2.75, 3.05) is 0 Å². The van der Waals surface area contributed by atoms with Crippen LogP contribution in [-0.2, 0) is 6.42 Å². The van der Waals surface area contributed by atoms with Crippen molar-refractivity contribution in [1.82, 2.24) is 9.55 Å². The summed E-state index contributed by atoms with van der Waals surface area (Å²) in [5, 5.41) is 0.736. The monoisotopic (exact) mass is 235 g/mol. The van der Waals surface area contributed by atoms with Gasteiger partial charge in [0.25, 0.3) is 0 Å². The van der Waals surface area contributed by atoms with Gasteiger partial charge in [0, 0.05) is 29.1 Å². The molecular weight excluding hydrogens is 222 g/mol. The molecule has 0 saturated carbocycles. The van der Waals surface area contributed by atoms with Crippen molar-refractivity contribution < 1.29 is 0 Å². The second kappa shape index (κ2) is 4.68. The van der Waals surface area contributed by atoms with E-state index in [1.54, 1.807) is 12.5 Å². The van der Waals surface area contributed by atoms with Crippen molar-refractivity contribution in [2.45, 2.75) is 19.4 Å². The lowest BCUT2D eigenvalue weighted by Crippen LogP contribution is -2.18. The molecule has 84 valence electrons. The number of halogens is 1. The number of nitrogens with two attached hydrogens (primary N) is 1. The molecule has 2 rings (SSSR count). The summed E-state index contributed by atoms with van der Waals surface area (Å²) in [6.45, 7) is 1.98.